The second-order valence-electron chi connectivity index (χ2n) is 6.90. The molecule has 2 fully saturated rings. The molecule has 1 saturated heterocycles. The van der Waals surface area contributed by atoms with Gasteiger partial charge in [-0.15, -0.1) is 0 Å². The first-order valence-corrected chi connectivity index (χ1v) is 8.76. The second kappa shape index (κ2) is 8.47. The normalized spacial score (nSPS) is 27.3. The summed E-state index contributed by atoms with van der Waals surface area (Å²) in [6.07, 6.45) is 6.72. The average molecular weight is 298 g/mol. The molecule has 2 aliphatic rings. The molecule has 1 N–H and O–H groups in total. The summed E-state index contributed by atoms with van der Waals surface area (Å²) in [6, 6.07) is 0.659. The number of hydrogen-bond acceptors (Lipinski definition) is 4. The topological polar surface area (TPSA) is 33.7 Å². The standard InChI is InChI=1S/C17H34N2O2/c1-4-15(2)16-13-18-17(7-5-6-8-17)14-19(16)9-10-21-12-11-20-3/h15-16,18H,4-14H2,1-3H3. The molecule has 0 aromatic rings. The third kappa shape index (κ3) is 4.65. The van der Waals surface area contributed by atoms with Gasteiger partial charge < -0.3 is 14.8 Å². The number of hydrogen-bond donors (Lipinski definition) is 1. The van der Waals surface area contributed by atoms with Crippen LogP contribution in [-0.2, 0) is 9.47 Å². The molecule has 2 atom stereocenters. The van der Waals surface area contributed by atoms with Crippen LogP contribution in [0.2, 0.25) is 0 Å². The summed E-state index contributed by atoms with van der Waals surface area (Å²) in [5.41, 5.74) is 0.399. The van der Waals surface area contributed by atoms with Crippen molar-refractivity contribution in [2.24, 2.45) is 5.92 Å². The van der Waals surface area contributed by atoms with Gasteiger partial charge in [-0.25, -0.2) is 0 Å². The molecule has 1 heterocycles. The Hall–Kier alpha value is -0.160. The first-order valence-electron chi connectivity index (χ1n) is 8.76. The Morgan fingerprint density at radius 1 is 1.24 bits per heavy atom. The summed E-state index contributed by atoms with van der Waals surface area (Å²) in [5, 5.41) is 3.90. The van der Waals surface area contributed by atoms with Crippen molar-refractivity contribution in [3.05, 3.63) is 0 Å². The fraction of sp³-hybridized carbons (Fsp3) is 1.00. The third-order valence-corrected chi connectivity index (χ3v) is 5.48. The zero-order valence-corrected chi connectivity index (χ0v) is 14.2. The number of ether oxygens (including phenoxy) is 2. The number of nitrogens with one attached hydrogen (secondary N) is 1. The second-order valence-corrected chi connectivity index (χ2v) is 6.90. The van der Waals surface area contributed by atoms with Gasteiger partial charge in [-0.1, -0.05) is 33.1 Å². The van der Waals surface area contributed by atoms with E-state index in [2.05, 4.69) is 24.1 Å². The van der Waals surface area contributed by atoms with Crippen molar-refractivity contribution >= 4 is 0 Å². The first-order chi connectivity index (χ1) is 10.2. The lowest BCUT2D eigenvalue weighted by molar-refractivity contribution is 0.0119. The van der Waals surface area contributed by atoms with Crippen LogP contribution in [0.4, 0.5) is 0 Å². The molecule has 1 saturated carbocycles. The van der Waals surface area contributed by atoms with Gasteiger partial charge in [0.2, 0.25) is 0 Å². The van der Waals surface area contributed by atoms with Crippen molar-refractivity contribution in [3.63, 3.8) is 0 Å². The lowest BCUT2D eigenvalue weighted by Gasteiger charge is -2.48. The molecule has 0 aromatic carbocycles. The highest BCUT2D eigenvalue weighted by molar-refractivity contribution is 5.01. The quantitative estimate of drug-likeness (QED) is 0.697. The molecule has 124 valence electrons. The van der Waals surface area contributed by atoms with Gasteiger partial charge in [-0.3, -0.25) is 4.90 Å². The predicted molar refractivity (Wildman–Crippen MR) is 86.7 cm³/mol. The van der Waals surface area contributed by atoms with Gasteiger partial charge >= 0.3 is 0 Å². The molecule has 2 unspecified atom stereocenters. The maximum absolute atomic E-state index is 5.70. The number of piperazine rings is 1. The summed E-state index contributed by atoms with van der Waals surface area (Å²) >= 11 is 0. The minimum atomic E-state index is 0.399. The first kappa shape index (κ1) is 17.2. The molecule has 1 aliphatic heterocycles. The van der Waals surface area contributed by atoms with E-state index < -0.39 is 0 Å². The van der Waals surface area contributed by atoms with Crippen molar-refractivity contribution in [1.29, 1.82) is 0 Å². The number of rotatable bonds is 8. The fourth-order valence-electron chi connectivity index (χ4n) is 3.90. The van der Waals surface area contributed by atoms with E-state index in [9.17, 15) is 0 Å². The van der Waals surface area contributed by atoms with E-state index >= 15 is 0 Å². The highest BCUT2D eigenvalue weighted by Gasteiger charge is 2.41. The largest absolute Gasteiger partial charge is 0.382 e. The van der Waals surface area contributed by atoms with Gasteiger partial charge in [0.25, 0.3) is 0 Å². The van der Waals surface area contributed by atoms with E-state index in [-0.39, 0.29) is 0 Å². The molecule has 4 heteroatoms. The highest BCUT2D eigenvalue weighted by Crippen LogP contribution is 2.34. The number of nitrogens with zero attached hydrogens (tertiary/aromatic N) is 1. The van der Waals surface area contributed by atoms with E-state index in [1.165, 1.54) is 38.6 Å². The Morgan fingerprint density at radius 3 is 2.67 bits per heavy atom. The zero-order valence-electron chi connectivity index (χ0n) is 14.2. The molecule has 1 aliphatic carbocycles. The molecule has 1 spiro atoms. The Bertz CT molecular complexity index is 293. The Labute approximate surface area is 130 Å². The molecular formula is C17H34N2O2. The average Bonchev–Trinajstić information content (AvgIpc) is 2.94. The Morgan fingerprint density at radius 2 is 2.00 bits per heavy atom. The third-order valence-electron chi connectivity index (χ3n) is 5.48. The van der Waals surface area contributed by atoms with Gasteiger partial charge in [0.05, 0.1) is 19.8 Å². The van der Waals surface area contributed by atoms with Gasteiger partial charge in [0, 0.05) is 38.3 Å². The maximum atomic E-state index is 5.70. The SMILES string of the molecule is CCC(C)C1CNC2(CCCC2)CN1CCOCCOC. The zero-order chi connectivity index (χ0) is 15.1. The Balaban J connectivity index is 1.86. The molecular weight excluding hydrogens is 264 g/mol. The lowest BCUT2D eigenvalue weighted by Crippen LogP contribution is -2.64. The predicted octanol–water partition coefficient (Wildman–Crippen LogP) is 2.28. The highest BCUT2D eigenvalue weighted by atomic mass is 16.5. The summed E-state index contributed by atoms with van der Waals surface area (Å²) in [6.45, 7) is 10.3. The van der Waals surface area contributed by atoms with Crippen molar-refractivity contribution in [3.8, 4) is 0 Å². The van der Waals surface area contributed by atoms with Gasteiger partial charge in [0.15, 0.2) is 0 Å². The van der Waals surface area contributed by atoms with Crippen molar-refractivity contribution in [2.75, 3.05) is 46.6 Å². The maximum Gasteiger partial charge on any atom is 0.0700 e. The summed E-state index contributed by atoms with van der Waals surface area (Å²) in [7, 11) is 1.72. The summed E-state index contributed by atoms with van der Waals surface area (Å²) in [4.78, 5) is 2.70. The van der Waals surface area contributed by atoms with E-state index in [1.807, 2.05) is 0 Å². The molecule has 4 nitrogen and oxygen atoms in total. The van der Waals surface area contributed by atoms with Crippen LogP contribution >= 0.6 is 0 Å². The fourth-order valence-corrected chi connectivity index (χ4v) is 3.90. The van der Waals surface area contributed by atoms with Crippen LogP contribution in [0.15, 0.2) is 0 Å². The minimum Gasteiger partial charge on any atom is -0.382 e. The van der Waals surface area contributed by atoms with Gasteiger partial charge in [-0.05, 0) is 18.8 Å². The van der Waals surface area contributed by atoms with Crippen molar-refractivity contribution in [1.82, 2.24) is 10.2 Å². The molecule has 0 bridgehead atoms. The Kier molecular flexibility index (Phi) is 6.93. The van der Waals surface area contributed by atoms with Crippen molar-refractivity contribution in [2.45, 2.75) is 57.5 Å². The summed E-state index contributed by atoms with van der Waals surface area (Å²) < 4.78 is 10.7. The van der Waals surface area contributed by atoms with E-state index in [0.29, 0.717) is 24.8 Å². The van der Waals surface area contributed by atoms with Crippen LogP contribution < -0.4 is 5.32 Å². The van der Waals surface area contributed by atoms with Crippen LogP contribution in [0, 0.1) is 5.92 Å². The molecule has 2 rings (SSSR count). The molecule has 0 amide bonds. The lowest BCUT2D eigenvalue weighted by atomic mass is 9.87. The van der Waals surface area contributed by atoms with Crippen LogP contribution in [0.3, 0.4) is 0 Å². The van der Waals surface area contributed by atoms with Crippen LogP contribution in [0.1, 0.15) is 46.0 Å². The smallest absolute Gasteiger partial charge is 0.0700 e. The van der Waals surface area contributed by atoms with Crippen LogP contribution in [-0.4, -0.2) is 63.0 Å². The minimum absolute atomic E-state index is 0.399. The molecule has 21 heavy (non-hydrogen) atoms. The van der Waals surface area contributed by atoms with Gasteiger partial charge in [0.1, 0.15) is 0 Å². The van der Waals surface area contributed by atoms with E-state index in [0.717, 1.165) is 25.6 Å². The van der Waals surface area contributed by atoms with E-state index in [1.54, 1.807) is 7.11 Å². The molecule has 0 aromatic heterocycles. The van der Waals surface area contributed by atoms with Crippen LogP contribution in [0.25, 0.3) is 0 Å². The van der Waals surface area contributed by atoms with Crippen LogP contribution in [0.5, 0.6) is 0 Å². The van der Waals surface area contributed by atoms with E-state index in [4.69, 9.17) is 9.47 Å². The van der Waals surface area contributed by atoms with Crippen molar-refractivity contribution < 1.29 is 9.47 Å². The molecule has 0 radical (unpaired) electrons. The summed E-state index contributed by atoms with van der Waals surface area (Å²) in [5.74, 6) is 0.746. The van der Waals surface area contributed by atoms with Gasteiger partial charge in [-0.2, -0.15) is 0 Å². The monoisotopic (exact) mass is 298 g/mol. The number of methoxy groups -OCH3 is 1.